The normalized spacial score (nSPS) is 9.86. The van der Waals surface area contributed by atoms with E-state index in [0.29, 0.717) is 18.9 Å². The van der Waals surface area contributed by atoms with Crippen LogP contribution in [0.1, 0.15) is 10.5 Å². The Bertz CT molecular complexity index is 326. The molecule has 0 bridgehead atoms. The first kappa shape index (κ1) is 10.5. The van der Waals surface area contributed by atoms with Crippen molar-refractivity contribution >= 4 is 11.7 Å². The second kappa shape index (κ2) is 4.57. The highest BCUT2D eigenvalue weighted by Crippen LogP contribution is 2.08. The molecule has 0 aliphatic heterocycles. The lowest BCUT2D eigenvalue weighted by Gasteiger charge is -2.16. The first-order chi connectivity index (χ1) is 6.65. The van der Waals surface area contributed by atoms with Crippen LogP contribution < -0.4 is 16.4 Å². The van der Waals surface area contributed by atoms with Gasteiger partial charge in [-0.15, -0.1) is 0 Å². The second-order valence-electron chi connectivity index (χ2n) is 2.96. The number of carbonyl (C=O) groups is 1. The molecule has 0 fully saturated rings. The molecule has 1 rings (SSSR count). The summed E-state index contributed by atoms with van der Waals surface area (Å²) in [5.74, 6) is 0.180. The summed E-state index contributed by atoms with van der Waals surface area (Å²) in [5.41, 5.74) is 10.8. The lowest BCUT2D eigenvalue weighted by Crippen LogP contribution is -2.26. The molecular formula is C9H14N4O. The number of anilines is 1. The number of hydrogen-bond acceptors (Lipinski definition) is 4. The highest BCUT2D eigenvalue weighted by atomic mass is 16.1. The summed E-state index contributed by atoms with van der Waals surface area (Å²) in [6.45, 7) is 1.23. The van der Waals surface area contributed by atoms with Gasteiger partial charge >= 0.3 is 0 Å². The van der Waals surface area contributed by atoms with Crippen LogP contribution >= 0.6 is 0 Å². The third kappa shape index (κ3) is 2.43. The smallest absolute Gasteiger partial charge is 0.267 e. The zero-order chi connectivity index (χ0) is 10.6. The largest absolute Gasteiger partial charge is 0.364 e. The number of aromatic nitrogens is 1. The molecule has 1 aromatic rings. The fourth-order valence-electron chi connectivity index (χ4n) is 1.08. The Morgan fingerprint density at radius 3 is 2.86 bits per heavy atom. The Hall–Kier alpha value is -1.62. The van der Waals surface area contributed by atoms with Crippen molar-refractivity contribution in [3.63, 3.8) is 0 Å². The standard InChI is InChI=1S/C9H14N4O/c1-13(6-5-10)8-4-2-3-7(12-8)9(11)14/h2-4H,5-6,10H2,1H3,(H2,11,14). The van der Waals surface area contributed by atoms with Crippen molar-refractivity contribution in [2.75, 3.05) is 25.0 Å². The molecule has 0 aromatic carbocycles. The molecule has 0 radical (unpaired) electrons. The van der Waals surface area contributed by atoms with Crippen LogP contribution in [0.15, 0.2) is 18.2 Å². The van der Waals surface area contributed by atoms with E-state index in [-0.39, 0.29) is 5.69 Å². The minimum Gasteiger partial charge on any atom is -0.364 e. The molecule has 0 atom stereocenters. The molecule has 0 aliphatic carbocycles. The van der Waals surface area contributed by atoms with Gasteiger partial charge in [0.15, 0.2) is 0 Å². The maximum absolute atomic E-state index is 10.9. The van der Waals surface area contributed by atoms with E-state index in [0.717, 1.165) is 0 Å². The number of nitrogens with two attached hydrogens (primary N) is 2. The van der Waals surface area contributed by atoms with Crippen LogP contribution in [0, 0.1) is 0 Å². The predicted octanol–water partition coefficient (Wildman–Crippen LogP) is -0.425. The van der Waals surface area contributed by atoms with E-state index in [2.05, 4.69) is 4.98 Å². The maximum Gasteiger partial charge on any atom is 0.267 e. The van der Waals surface area contributed by atoms with Gasteiger partial charge in [0, 0.05) is 20.1 Å². The van der Waals surface area contributed by atoms with Gasteiger partial charge in [0.2, 0.25) is 0 Å². The molecule has 0 saturated carbocycles. The van der Waals surface area contributed by atoms with Crippen molar-refractivity contribution in [2.45, 2.75) is 0 Å². The number of primary amides is 1. The minimum absolute atomic E-state index is 0.270. The Balaban J connectivity index is 2.87. The highest BCUT2D eigenvalue weighted by Gasteiger charge is 2.05. The number of pyridine rings is 1. The molecule has 0 aliphatic rings. The molecule has 0 spiro atoms. The van der Waals surface area contributed by atoms with E-state index < -0.39 is 5.91 Å². The Morgan fingerprint density at radius 2 is 2.29 bits per heavy atom. The first-order valence-electron chi connectivity index (χ1n) is 4.33. The van der Waals surface area contributed by atoms with Crippen molar-refractivity contribution in [3.8, 4) is 0 Å². The van der Waals surface area contributed by atoms with Crippen molar-refractivity contribution in [3.05, 3.63) is 23.9 Å². The van der Waals surface area contributed by atoms with Crippen molar-refractivity contribution < 1.29 is 4.79 Å². The van der Waals surface area contributed by atoms with Crippen LogP contribution in [0.3, 0.4) is 0 Å². The number of amides is 1. The number of likely N-dealkylation sites (N-methyl/N-ethyl adjacent to an activating group) is 1. The third-order valence-corrected chi connectivity index (χ3v) is 1.84. The topological polar surface area (TPSA) is 85.2 Å². The quantitative estimate of drug-likeness (QED) is 0.681. The van der Waals surface area contributed by atoms with Gasteiger partial charge in [0.25, 0.3) is 5.91 Å². The third-order valence-electron chi connectivity index (χ3n) is 1.84. The fourth-order valence-corrected chi connectivity index (χ4v) is 1.08. The minimum atomic E-state index is -0.520. The number of rotatable bonds is 4. The molecule has 4 N–H and O–H groups in total. The Labute approximate surface area is 82.7 Å². The Kier molecular flexibility index (Phi) is 3.41. The second-order valence-corrected chi connectivity index (χ2v) is 2.96. The Morgan fingerprint density at radius 1 is 1.57 bits per heavy atom. The average Bonchev–Trinajstić information content (AvgIpc) is 2.18. The van der Waals surface area contributed by atoms with Gasteiger partial charge in [-0.25, -0.2) is 4.98 Å². The SMILES string of the molecule is CN(CCN)c1cccc(C(N)=O)n1. The summed E-state index contributed by atoms with van der Waals surface area (Å²) < 4.78 is 0. The van der Waals surface area contributed by atoms with Gasteiger partial charge in [-0.3, -0.25) is 4.79 Å². The van der Waals surface area contributed by atoms with E-state index in [9.17, 15) is 4.79 Å². The van der Waals surface area contributed by atoms with Crippen molar-refractivity contribution in [2.24, 2.45) is 11.5 Å². The van der Waals surface area contributed by atoms with Crippen LogP contribution in [0.2, 0.25) is 0 Å². The molecule has 5 nitrogen and oxygen atoms in total. The average molecular weight is 194 g/mol. The van der Waals surface area contributed by atoms with Crippen LogP contribution in [-0.4, -0.2) is 31.0 Å². The number of carbonyl (C=O) groups excluding carboxylic acids is 1. The van der Waals surface area contributed by atoms with Crippen LogP contribution in [0.4, 0.5) is 5.82 Å². The van der Waals surface area contributed by atoms with Crippen molar-refractivity contribution in [1.29, 1.82) is 0 Å². The monoisotopic (exact) mass is 194 g/mol. The molecule has 1 amide bonds. The van der Waals surface area contributed by atoms with Crippen molar-refractivity contribution in [1.82, 2.24) is 4.98 Å². The summed E-state index contributed by atoms with van der Waals surface area (Å²) >= 11 is 0. The van der Waals surface area contributed by atoms with Gasteiger partial charge in [0.05, 0.1) is 0 Å². The van der Waals surface area contributed by atoms with Gasteiger partial charge in [-0.2, -0.15) is 0 Å². The van der Waals surface area contributed by atoms with Crippen LogP contribution in [-0.2, 0) is 0 Å². The summed E-state index contributed by atoms with van der Waals surface area (Å²) in [6, 6.07) is 5.14. The molecule has 14 heavy (non-hydrogen) atoms. The number of nitrogens with zero attached hydrogens (tertiary/aromatic N) is 2. The maximum atomic E-state index is 10.9. The molecule has 0 unspecified atom stereocenters. The highest BCUT2D eigenvalue weighted by molar-refractivity contribution is 5.91. The summed E-state index contributed by atoms with van der Waals surface area (Å²) in [6.07, 6.45) is 0. The predicted molar refractivity (Wildman–Crippen MR) is 55.1 cm³/mol. The lowest BCUT2D eigenvalue weighted by atomic mass is 10.3. The molecule has 76 valence electrons. The number of hydrogen-bond donors (Lipinski definition) is 2. The fraction of sp³-hybridized carbons (Fsp3) is 0.333. The van der Waals surface area contributed by atoms with Gasteiger partial charge < -0.3 is 16.4 Å². The molecule has 1 aromatic heterocycles. The van der Waals surface area contributed by atoms with Crippen LogP contribution in [0.25, 0.3) is 0 Å². The van der Waals surface area contributed by atoms with E-state index in [1.165, 1.54) is 0 Å². The summed E-state index contributed by atoms with van der Waals surface area (Å²) in [5, 5.41) is 0. The zero-order valence-electron chi connectivity index (χ0n) is 8.10. The van der Waals surface area contributed by atoms with Gasteiger partial charge in [-0.05, 0) is 12.1 Å². The van der Waals surface area contributed by atoms with E-state index in [1.54, 1.807) is 12.1 Å². The summed E-state index contributed by atoms with van der Waals surface area (Å²) in [4.78, 5) is 16.8. The van der Waals surface area contributed by atoms with Gasteiger partial charge in [0.1, 0.15) is 11.5 Å². The van der Waals surface area contributed by atoms with E-state index in [1.807, 2.05) is 18.0 Å². The molecule has 5 heteroatoms. The van der Waals surface area contributed by atoms with E-state index in [4.69, 9.17) is 11.5 Å². The molecular weight excluding hydrogens is 180 g/mol. The first-order valence-corrected chi connectivity index (χ1v) is 4.33. The molecule has 1 heterocycles. The summed E-state index contributed by atoms with van der Waals surface area (Å²) in [7, 11) is 1.86. The van der Waals surface area contributed by atoms with Gasteiger partial charge in [-0.1, -0.05) is 6.07 Å². The molecule has 0 saturated heterocycles. The van der Waals surface area contributed by atoms with Crippen LogP contribution in [0.5, 0.6) is 0 Å². The van der Waals surface area contributed by atoms with E-state index >= 15 is 0 Å². The zero-order valence-corrected chi connectivity index (χ0v) is 8.10. The lowest BCUT2D eigenvalue weighted by molar-refractivity contribution is 0.0995.